The average Bonchev–Trinajstić information content (AvgIpc) is 2.88. The Labute approximate surface area is 134 Å². The van der Waals surface area contributed by atoms with Gasteiger partial charge in [0.1, 0.15) is 5.82 Å². The molecule has 0 spiro atoms. The number of aromatic nitrogens is 1. The Morgan fingerprint density at radius 2 is 1.87 bits per heavy atom. The number of amides is 1. The number of benzene rings is 1. The molecule has 0 unspecified atom stereocenters. The molecule has 1 aliphatic rings. The maximum Gasteiger partial charge on any atom is 0.256 e. The number of anilines is 2. The molecule has 0 radical (unpaired) electrons. The topological polar surface area (TPSA) is 71.1 Å². The fourth-order valence-corrected chi connectivity index (χ4v) is 2.44. The van der Waals surface area contributed by atoms with Crippen LogP contribution < -0.4 is 10.6 Å². The Morgan fingerprint density at radius 1 is 1.09 bits per heavy atom. The molecule has 2 N–H and O–H groups in total. The van der Waals surface area contributed by atoms with Crippen LogP contribution in [0.25, 0.3) is 0 Å². The third-order valence-electron chi connectivity index (χ3n) is 3.82. The molecular formula is C18H17N3O2. The maximum atomic E-state index is 12.1. The molecule has 116 valence electrons. The standard InChI is InChI=1S/C18H17N3O2/c1-12-15(9-10-16(12)22)20-14-7-5-13(6-8-14)18(23)21-17-4-2-3-11-19-17/h2-8,11,20H,9-10H2,1H3,(H,19,21,23). The molecule has 0 bridgehead atoms. The summed E-state index contributed by atoms with van der Waals surface area (Å²) in [5, 5.41) is 5.99. The summed E-state index contributed by atoms with van der Waals surface area (Å²) in [6.45, 7) is 1.84. The minimum Gasteiger partial charge on any atom is -0.359 e. The highest BCUT2D eigenvalue weighted by molar-refractivity contribution is 6.04. The van der Waals surface area contributed by atoms with Gasteiger partial charge in [-0.2, -0.15) is 0 Å². The predicted octanol–water partition coefficient (Wildman–Crippen LogP) is 3.38. The summed E-state index contributed by atoms with van der Waals surface area (Å²) >= 11 is 0. The molecule has 1 aromatic heterocycles. The van der Waals surface area contributed by atoms with Crippen molar-refractivity contribution >= 4 is 23.2 Å². The molecule has 1 amide bonds. The quantitative estimate of drug-likeness (QED) is 0.908. The molecule has 5 heteroatoms. The third kappa shape index (κ3) is 3.45. The molecule has 5 nitrogen and oxygen atoms in total. The second-order valence-electron chi connectivity index (χ2n) is 5.40. The number of pyridine rings is 1. The van der Waals surface area contributed by atoms with Gasteiger partial charge in [0, 0.05) is 35.1 Å². The van der Waals surface area contributed by atoms with Crippen LogP contribution in [0, 0.1) is 0 Å². The van der Waals surface area contributed by atoms with Gasteiger partial charge in [0.15, 0.2) is 5.78 Å². The zero-order valence-electron chi connectivity index (χ0n) is 12.8. The van der Waals surface area contributed by atoms with Crippen molar-refractivity contribution in [3.63, 3.8) is 0 Å². The highest BCUT2D eigenvalue weighted by atomic mass is 16.1. The van der Waals surface area contributed by atoms with E-state index in [1.807, 2.05) is 25.1 Å². The van der Waals surface area contributed by atoms with Crippen LogP contribution in [0.4, 0.5) is 11.5 Å². The van der Waals surface area contributed by atoms with E-state index in [9.17, 15) is 9.59 Å². The Hall–Kier alpha value is -2.95. The second-order valence-corrected chi connectivity index (χ2v) is 5.40. The van der Waals surface area contributed by atoms with Gasteiger partial charge in [0.25, 0.3) is 5.91 Å². The van der Waals surface area contributed by atoms with Crippen LogP contribution in [0.3, 0.4) is 0 Å². The van der Waals surface area contributed by atoms with Crippen LogP contribution in [-0.2, 0) is 4.79 Å². The lowest BCUT2D eigenvalue weighted by molar-refractivity contribution is -0.114. The number of ketones is 1. The van der Waals surface area contributed by atoms with E-state index in [1.54, 1.807) is 30.5 Å². The Kier molecular flexibility index (Phi) is 4.19. The Balaban J connectivity index is 1.67. The summed E-state index contributed by atoms with van der Waals surface area (Å²) in [6, 6.07) is 12.5. The lowest BCUT2D eigenvalue weighted by Gasteiger charge is -2.09. The molecule has 0 atom stereocenters. The van der Waals surface area contributed by atoms with Crippen molar-refractivity contribution in [2.75, 3.05) is 10.6 Å². The monoisotopic (exact) mass is 307 g/mol. The van der Waals surface area contributed by atoms with E-state index >= 15 is 0 Å². The zero-order chi connectivity index (χ0) is 16.2. The van der Waals surface area contributed by atoms with Gasteiger partial charge in [0.05, 0.1) is 0 Å². The van der Waals surface area contributed by atoms with Gasteiger partial charge < -0.3 is 10.6 Å². The Bertz CT molecular complexity index is 765. The largest absolute Gasteiger partial charge is 0.359 e. The number of carbonyl (C=O) groups is 2. The molecule has 0 saturated heterocycles. The summed E-state index contributed by atoms with van der Waals surface area (Å²) in [4.78, 5) is 27.7. The fraction of sp³-hybridized carbons (Fsp3) is 0.167. The van der Waals surface area contributed by atoms with Crippen LogP contribution in [0.5, 0.6) is 0 Å². The van der Waals surface area contributed by atoms with E-state index < -0.39 is 0 Å². The average molecular weight is 307 g/mol. The van der Waals surface area contributed by atoms with E-state index in [2.05, 4.69) is 15.6 Å². The van der Waals surface area contributed by atoms with Gasteiger partial charge in [-0.05, 0) is 49.7 Å². The van der Waals surface area contributed by atoms with Crippen molar-refractivity contribution in [3.8, 4) is 0 Å². The highest BCUT2D eigenvalue weighted by Gasteiger charge is 2.19. The molecule has 0 aliphatic heterocycles. The van der Waals surface area contributed by atoms with E-state index in [0.717, 1.165) is 23.4 Å². The van der Waals surface area contributed by atoms with Crippen LogP contribution >= 0.6 is 0 Å². The van der Waals surface area contributed by atoms with Gasteiger partial charge in [-0.15, -0.1) is 0 Å². The molecule has 23 heavy (non-hydrogen) atoms. The first-order valence-corrected chi connectivity index (χ1v) is 7.46. The summed E-state index contributed by atoms with van der Waals surface area (Å²) in [5.41, 5.74) is 3.17. The molecule has 0 saturated carbocycles. The Morgan fingerprint density at radius 3 is 2.48 bits per heavy atom. The zero-order valence-corrected chi connectivity index (χ0v) is 12.8. The number of carbonyl (C=O) groups excluding carboxylic acids is 2. The molecule has 0 fully saturated rings. The van der Waals surface area contributed by atoms with Crippen LogP contribution in [0.15, 0.2) is 59.9 Å². The van der Waals surface area contributed by atoms with Crippen LogP contribution in [0.2, 0.25) is 0 Å². The first-order valence-electron chi connectivity index (χ1n) is 7.46. The van der Waals surface area contributed by atoms with Crippen molar-refractivity contribution < 1.29 is 9.59 Å². The van der Waals surface area contributed by atoms with E-state index in [0.29, 0.717) is 17.8 Å². The lowest BCUT2D eigenvalue weighted by atomic mass is 10.2. The number of nitrogens with zero attached hydrogens (tertiary/aromatic N) is 1. The van der Waals surface area contributed by atoms with E-state index in [1.165, 1.54) is 0 Å². The van der Waals surface area contributed by atoms with Crippen molar-refractivity contribution in [1.82, 2.24) is 4.98 Å². The maximum absolute atomic E-state index is 12.1. The first-order chi connectivity index (χ1) is 11.1. The van der Waals surface area contributed by atoms with Crippen molar-refractivity contribution in [3.05, 3.63) is 65.5 Å². The number of Topliss-reactive ketones (excluding diaryl/α,β-unsaturated/α-hetero) is 1. The number of nitrogens with one attached hydrogen (secondary N) is 2. The van der Waals surface area contributed by atoms with E-state index in [4.69, 9.17) is 0 Å². The van der Waals surface area contributed by atoms with Crippen molar-refractivity contribution in [2.45, 2.75) is 19.8 Å². The highest BCUT2D eigenvalue weighted by Crippen LogP contribution is 2.24. The second kappa shape index (κ2) is 6.44. The number of hydrogen-bond acceptors (Lipinski definition) is 4. The smallest absolute Gasteiger partial charge is 0.256 e. The minimum atomic E-state index is -0.207. The minimum absolute atomic E-state index is 0.193. The van der Waals surface area contributed by atoms with Gasteiger partial charge in [-0.1, -0.05) is 6.07 Å². The molecule has 3 rings (SSSR count). The van der Waals surface area contributed by atoms with Gasteiger partial charge in [-0.25, -0.2) is 4.98 Å². The molecule has 1 aliphatic carbocycles. The number of allylic oxidation sites excluding steroid dienone is 2. The van der Waals surface area contributed by atoms with Crippen LogP contribution in [-0.4, -0.2) is 16.7 Å². The lowest BCUT2D eigenvalue weighted by Crippen LogP contribution is -2.12. The van der Waals surface area contributed by atoms with E-state index in [-0.39, 0.29) is 11.7 Å². The van der Waals surface area contributed by atoms with Gasteiger partial charge >= 0.3 is 0 Å². The third-order valence-corrected chi connectivity index (χ3v) is 3.82. The molecule has 1 aromatic carbocycles. The molecule has 1 heterocycles. The normalized spacial score (nSPS) is 14.0. The van der Waals surface area contributed by atoms with Gasteiger partial charge in [-0.3, -0.25) is 9.59 Å². The van der Waals surface area contributed by atoms with Crippen molar-refractivity contribution in [2.24, 2.45) is 0 Å². The summed E-state index contributed by atoms with van der Waals surface area (Å²) < 4.78 is 0. The number of rotatable bonds is 4. The summed E-state index contributed by atoms with van der Waals surface area (Å²) in [5.74, 6) is 0.505. The SMILES string of the molecule is CC1=C(Nc2ccc(C(=O)Nc3ccccn3)cc2)CCC1=O. The molecular weight excluding hydrogens is 290 g/mol. The van der Waals surface area contributed by atoms with Crippen LogP contribution in [0.1, 0.15) is 30.1 Å². The first kappa shape index (κ1) is 15.0. The van der Waals surface area contributed by atoms with Crippen molar-refractivity contribution in [1.29, 1.82) is 0 Å². The summed E-state index contributed by atoms with van der Waals surface area (Å²) in [6.07, 6.45) is 2.94. The number of hydrogen-bond donors (Lipinski definition) is 2. The summed E-state index contributed by atoms with van der Waals surface area (Å²) in [7, 11) is 0. The molecule has 2 aromatic rings. The predicted molar refractivity (Wildman–Crippen MR) is 89.2 cm³/mol. The fourth-order valence-electron chi connectivity index (χ4n) is 2.44. The van der Waals surface area contributed by atoms with Gasteiger partial charge in [0.2, 0.25) is 0 Å².